The van der Waals surface area contributed by atoms with Crippen molar-refractivity contribution < 1.29 is 10.0 Å². The average molecular weight is 429 g/mol. The SMILES string of the molecule is CC(Cc1nc2cc(/C=C/C(=O)NO)ccc2n1CC(C)(C)CN(C)C)CC(C)(C)C. The van der Waals surface area contributed by atoms with Crippen LogP contribution in [-0.2, 0) is 17.8 Å². The molecule has 0 saturated carbocycles. The number of rotatable bonds is 9. The summed E-state index contributed by atoms with van der Waals surface area (Å²) >= 11 is 0. The molecule has 2 rings (SSSR count). The van der Waals surface area contributed by atoms with E-state index in [2.05, 4.69) is 71.2 Å². The lowest BCUT2D eigenvalue weighted by molar-refractivity contribution is -0.124. The maximum atomic E-state index is 11.3. The first-order valence-electron chi connectivity index (χ1n) is 11.1. The minimum absolute atomic E-state index is 0.0942. The Kier molecular flexibility index (Phi) is 8.06. The molecule has 0 saturated heterocycles. The van der Waals surface area contributed by atoms with E-state index in [-0.39, 0.29) is 10.8 Å². The van der Waals surface area contributed by atoms with Crippen LogP contribution in [-0.4, -0.2) is 46.2 Å². The Balaban J connectivity index is 2.44. The Hall–Kier alpha value is -2.18. The van der Waals surface area contributed by atoms with Gasteiger partial charge in [-0.15, -0.1) is 0 Å². The van der Waals surface area contributed by atoms with Gasteiger partial charge in [0.15, 0.2) is 0 Å². The number of nitrogens with one attached hydrogen (secondary N) is 1. The number of hydrogen-bond acceptors (Lipinski definition) is 4. The zero-order valence-electron chi connectivity index (χ0n) is 20.5. The summed E-state index contributed by atoms with van der Waals surface area (Å²) in [4.78, 5) is 18.6. The van der Waals surface area contributed by atoms with Gasteiger partial charge in [0.2, 0.25) is 0 Å². The van der Waals surface area contributed by atoms with Crippen molar-refractivity contribution in [2.75, 3.05) is 20.6 Å². The number of amides is 1. The molecule has 6 heteroatoms. The summed E-state index contributed by atoms with van der Waals surface area (Å²) in [6.45, 7) is 15.6. The molecule has 1 heterocycles. The molecule has 31 heavy (non-hydrogen) atoms. The van der Waals surface area contributed by atoms with E-state index in [4.69, 9.17) is 10.2 Å². The first-order chi connectivity index (χ1) is 14.3. The predicted molar refractivity (Wildman–Crippen MR) is 128 cm³/mol. The second-order valence-corrected chi connectivity index (χ2v) is 11.1. The van der Waals surface area contributed by atoms with Crippen molar-refractivity contribution in [3.05, 3.63) is 35.7 Å². The summed E-state index contributed by atoms with van der Waals surface area (Å²) in [7, 11) is 4.22. The Morgan fingerprint density at radius 1 is 1.26 bits per heavy atom. The third-order valence-electron chi connectivity index (χ3n) is 5.21. The quantitative estimate of drug-likeness (QED) is 0.343. The molecule has 2 aromatic rings. The van der Waals surface area contributed by atoms with Crippen LogP contribution in [0.15, 0.2) is 24.3 Å². The number of fused-ring (bicyclic) bond motifs is 1. The highest BCUT2D eigenvalue weighted by molar-refractivity contribution is 5.91. The van der Waals surface area contributed by atoms with Crippen LogP contribution in [0.3, 0.4) is 0 Å². The molecule has 1 atom stereocenters. The fourth-order valence-corrected chi connectivity index (χ4v) is 4.61. The smallest absolute Gasteiger partial charge is 0.267 e. The minimum atomic E-state index is -0.548. The van der Waals surface area contributed by atoms with Crippen LogP contribution in [0.2, 0.25) is 0 Å². The highest BCUT2D eigenvalue weighted by atomic mass is 16.5. The summed E-state index contributed by atoms with van der Waals surface area (Å²) in [6.07, 6.45) is 5.07. The molecular formula is C25H40N4O2. The molecular weight excluding hydrogens is 388 g/mol. The average Bonchev–Trinajstić information content (AvgIpc) is 2.92. The van der Waals surface area contributed by atoms with Gasteiger partial charge in [-0.3, -0.25) is 10.0 Å². The van der Waals surface area contributed by atoms with Crippen molar-refractivity contribution in [3.8, 4) is 0 Å². The molecule has 172 valence electrons. The summed E-state index contributed by atoms with van der Waals surface area (Å²) in [5, 5.41) is 8.69. The van der Waals surface area contributed by atoms with Crippen molar-refractivity contribution in [2.45, 2.75) is 60.9 Å². The lowest BCUT2D eigenvalue weighted by Gasteiger charge is -2.30. The molecule has 0 spiro atoms. The van der Waals surface area contributed by atoms with E-state index in [0.29, 0.717) is 5.92 Å². The number of hydroxylamine groups is 1. The Morgan fingerprint density at radius 3 is 2.52 bits per heavy atom. The molecule has 1 unspecified atom stereocenters. The highest BCUT2D eigenvalue weighted by Gasteiger charge is 2.24. The Labute approximate surface area is 187 Å². The van der Waals surface area contributed by atoms with E-state index in [0.717, 1.165) is 48.4 Å². The van der Waals surface area contributed by atoms with Gasteiger partial charge in [0, 0.05) is 25.6 Å². The Morgan fingerprint density at radius 2 is 1.94 bits per heavy atom. The van der Waals surface area contributed by atoms with Crippen LogP contribution in [0.1, 0.15) is 59.4 Å². The topological polar surface area (TPSA) is 70.4 Å². The molecule has 1 amide bonds. The van der Waals surface area contributed by atoms with E-state index >= 15 is 0 Å². The summed E-state index contributed by atoms with van der Waals surface area (Å²) < 4.78 is 2.38. The summed E-state index contributed by atoms with van der Waals surface area (Å²) in [5.74, 6) is 1.10. The number of carbonyl (C=O) groups excluding carboxylic acids is 1. The van der Waals surface area contributed by atoms with Crippen molar-refractivity contribution in [3.63, 3.8) is 0 Å². The molecule has 0 aliphatic carbocycles. The van der Waals surface area contributed by atoms with Gasteiger partial charge >= 0.3 is 0 Å². The molecule has 2 N–H and O–H groups in total. The fraction of sp³-hybridized carbons (Fsp3) is 0.600. The van der Waals surface area contributed by atoms with Crippen molar-refractivity contribution in [1.29, 1.82) is 0 Å². The van der Waals surface area contributed by atoms with Crippen molar-refractivity contribution in [1.82, 2.24) is 19.9 Å². The third-order valence-corrected chi connectivity index (χ3v) is 5.21. The Bertz CT molecular complexity index is 919. The third kappa shape index (κ3) is 7.78. The zero-order valence-corrected chi connectivity index (χ0v) is 20.5. The number of hydrogen-bond donors (Lipinski definition) is 2. The van der Waals surface area contributed by atoms with E-state index in [1.54, 1.807) is 11.6 Å². The van der Waals surface area contributed by atoms with Gasteiger partial charge in [0.25, 0.3) is 5.91 Å². The van der Waals surface area contributed by atoms with Crippen molar-refractivity contribution in [2.24, 2.45) is 16.7 Å². The molecule has 0 bridgehead atoms. The first kappa shape index (κ1) is 25.1. The van der Waals surface area contributed by atoms with Crippen LogP contribution in [0, 0.1) is 16.7 Å². The van der Waals surface area contributed by atoms with Crippen molar-refractivity contribution >= 4 is 23.0 Å². The number of imidazole rings is 1. The van der Waals surface area contributed by atoms with Gasteiger partial charge in [0.1, 0.15) is 5.82 Å². The minimum Gasteiger partial charge on any atom is -0.327 e. The van der Waals surface area contributed by atoms with Gasteiger partial charge in [-0.2, -0.15) is 0 Å². The zero-order chi connectivity index (χ0) is 23.4. The lowest BCUT2D eigenvalue weighted by Crippen LogP contribution is -2.33. The lowest BCUT2D eigenvalue weighted by atomic mass is 9.84. The van der Waals surface area contributed by atoms with Gasteiger partial charge in [-0.1, -0.05) is 47.6 Å². The molecule has 6 nitrogen and oxygen atoms in total. The summed E-state index contributed by atoms with van der Waals surface area (Å²) in [5.41, 5.74) is 4.93. The van der Waals surface area contributed by atoms with E-state index in [1.165, 1.54) is 6.08 Å². The van der Waals surface area contributed by atoms with E-state index < -0.39 is 5.91 Å². The first-order valence-corrected chi connectivity index (χ1v) is 11.1. The van der Waals surface area contributed by atoms with Crippen LogP contribution in [0.25, 0.3) is 17.1 Å². The second-order valence-electron chi connectivity index (χ2n) is 11.1. The van der Waals surface area contributed by atoms with Gasteiger partial charge in [-0.05, 0) is 61.0 Å². The fourth-order valence-electron chi connectivity index (χ4n) is 4.61. The van der Waals surface area contributed by atoms with Crippen LogP contribution in [0.4, 0.5) is 0 Å². The molecule has 1 aromatic heterocycles. The van der Waals surface area contributed by atoms with Crippen LogP contribution in [0.5, 0.6) is 0 Å². The van der Waals surface area contributed by atoms with Gasteiger partial charge < -0.3 is 9.47 Å². The van der Waals surface area contributed by atoms with Crippen LogP contribution < -0.4 is 5.48 Å². The van der Waals surface area contributed by atoms with E-state index in [1.807, 2.05) is 12.1 Å². The molecule has 0 fully saturated rings. The van der Waals surface area contributed by atoms with Crippen LogP contribution >= 0.6 is 0 Å². The standard InChI is InChI=1S/C25H40N4O2/c1-18(15-24(2,3)4)13-22-26-20-14-19(10-12-23(30)27-31)9-11-21(20)29(22)17-25(5,6)16-28(7)8/h9-12,14,18,31H,13,15-17H2,1-8H3,(H,27,30)/b12-10+. The maximum absolute atomic E-state index is 11.3. The largest absolute Gasteiger partial charge is 0.327 e. The van der Waals surface area contributed by atoms with Gasteiger partial charge in [-0.25, -0.2) is 10.5 Å². The molecule has 0 aliphatic rings. The molecule has 0 aliphatic heterocycles. The molecule has 1 aromatic carbocycles. The predicted octanol–water partition coefficient (Wildman–Crippen LogP) is 4.76. The summed E-state index contributed by atoms with van der Waals surface area (Å²) in [6, 6.07) is 6.08. The van der Waals surface area contributed by atoms with E-state index in [9.17, 15) is 4.79 Å². The second kappa shape index (κ2) is 9.96. The molecule has 0 radical (unpaired) electrons. The number of aromatic nitrogens is 2. The number of nitrogens with zero attached hydrogens (tertiary/aromatic N) is 3. The number of carbonyl (C=O) groups is 1. The maximum Gasteiger partial charge on any atom is 0.267 e. The number of benzene rings is 1. The van der Waals surface area contributed by atoms with Gasteiger partial charge in [0.05, 0.1) is 11.0 Å². The highest BCUT2D eigenvalue weighted by Crippen LogP contribution is 2.30. The normalized spacial score (nSPS) is 14.0. The monoisotopic (exact) mass is 428 g/mol.